The molecular formula is C7H4ClF3N4. The van der Waals surface area contributed by atoms with Crippen LogP contribution in [0.15, 0.2) is 12.3 Å². The molecule has 0 aliphatic heterocycles. The molecule has 4 nitrogen and oxygen atoms in total. The van der Waals surface area contributed by atoms with Gasteiger partial charge in [-0.25, -0.2) is 4.52 Å². The first kappa shape index (κ1) is 10.0. The molecule has 80 valence electrons. The van der Waals surface area contributed by atoms with Crippen LogP contribution < -0.4 is 5.73 Å². The van der Waals surface area contributed by atoms with E-state index >= 15 is 0 Å². The number of nitrogens with zero attached hydrogens (tertiary/aromatic N) is 3. The quantitative estimate of drug-likeness (QED) is 0.761. The molecule has 2 rings (SSSR count). The van der Waals surface area contributed by atoms with Gasteiger partial charge in [-0.2, -0.15) is 18.2 Å². The molecule has 0 fully saturated rings. The molecule has 0 aromatic carbocycles. The summed E-state index contributed by atoms with van der Waals surface area (Å²) < 4.78 is 38.2. The molecule has 0 amide bonds. The van der Waals surface area contributed by atoms with E-state index in [9.17, 15) is 13.2 Å². The smallest absolute Gasteiger partial charge is 0.366 e. The highest BCUT2D eigenvalue weighted by atomic mass is 35.5. The summed E-state index contributed by atoms with van der Waals surface area (Å²) in [6.07, 6.45) is -3.77. The van der Waals surface area contributed by atoms with Crippen molar-refractivity contribution in [3.8, 4) is 0 Å². The van der Waals surface area contributed by atoms with Crippen molar-refractivity contribution in [1.82, 2.24) is 14.6 Å². The van der Waals surface area contributed by atoms with Crippen molar-refractivity contribution in [1.29, 1.82) is 0 Å². The number of alkyl halides is 3. The normalized spacial score (nSPS) is 12.3. The van der Waals surface area contributed by atoms with Gasteiger partial charge in [-0.1, -0.05) is 11.6 Å². The van der Waals surface area contributed by atoms with Crippen LogP contribution in [0.5, 0.6) is 0 Å². The number of halogens is 4. The van der Waals surface area contributed by atoms with Crippen LogP contribution in [0.1, 0.15) is 5.56 Å². The number of fused-ring (bicyclic) bond motifs is 1. The minimum Gasteiger partial charge on any atom is -0.366 e. The van der Waals surface area contributed by atoms with Gasteiger partial charge in [0, 0.05) is 12.3 Å². The Hall–Kier alpha value is -1.50. The van der Waals surface area contributed by atoms with E-state index in [1.807, 2.05) is 0 Å². The average Bonchev–Trinajstić information content (AvgIpc) is 2.40. The molecule has 2 aromatic heterocycles. The summed E-state index contributed by atoms with van der Waals surface area (Å²) in [6.45, 7) is 0. The van der Waals surface area contributed by atoms with Crippen LogP contribution in [0, 0.1) is 0 Å². The van der Waals surface area contributed by atoms with Crippen LogP contribution in [0.25, 0.3) is 5.65 Å². The van der Waals surface area contributed by atoms with Crippen molar-refractivity contribution in [2.45, 2.75) is 6.18 Å². The van der Waals surface area contributed by atoms with Crippen LogP contribution >= 0.6 is 11.6 Å². The Balaban J connectivity index is 2.72. The first-order valence-electron chi connectivity index (χ1n) is 3.76. The first-order chi connectivity index (χ1) is 6.88. The molecular weight excluding hydrogens is 233 g/mol. The Morgan fingerprint density at radius 2 is 2.07 bits per heavy atom. The number of pyridine rings is 1. The number of hydrogen-bond donors (Lipinski definition) is 1. The standard InChI is InChI=1S/C7H4ClF3N4/c8-4-1-5-13-6(12)14-15(5)2-3(4)7(9,10)11/h1-2H,(H2,12,14). The van der Waals surface area contributed by atoms with Crippen LogP contribution in [-0.2, 0) is 6.18 Å². The minimum atomic E-state index is -4.52. The molecule has 15 heavy (non-hydrogen) atoms. The van der Waals surface area contributed by atoms with Gasteiger partial charge in [0.25, 0.3) is 0 Å². The molecule has 2 N–H and O–H groups in total. The zero-order chi connectivity index (χ0) is 11.2. The SMILES string of the molecule is Nc1nc2cc(Cl)c(C(F)(F)F)cn2n1. The zero-order valence-corrected chi connectivity index (χ0v) is 7.84. The van der Waals surface area contributed by atoms with Crippen molar-refractivity contribution in [3.05, 3.63) is 22.8 Å². The summed E-state index contributed by atoms with van der Waals surface area (Å²) in [5.41, 5.74) is 4.43. The van der Waals surface area contributed by atoms with Crippen molar-refractivity contribution in [2.24, 2.45) is 0 Å². The maximum Gasteiger partial charge on any atom is 0.419 e. The summed E-state index contributed by atoms with van der Waals surface area (Å²) in [6, 6.07) is 1.06. The molecule has 8 heteroatoms. The third kappa shape index (κ3) is 1.70. The lowest BCUT2D eigenvalue weighted by Gasteiger charge is -2.08. The lowest BCUT2D eigenvalue weighted by Crippen LogP contribution is -2.07. The molecule has 0 aliphatic rings. The zero-order valence-electron chi connectivity index (χ0n) is 7.09. The number of hydrogen-bond acceptors (Lipinski definition) is 3. The van der Waals surface area contributed by atoms with Gasteiger partial charge in [0.15, 0.2) is 5.65 Å². The number of rotatable bonds is 0. The van der Waals surface area contributed by atoms with E-state index in [0.717, 1.165) is 16.8 Å². The fourth-order valence-corrected chi connectivity index (χ4v) is 1.38. The molecule has 0 spiro atoms. The van der Waals surface area contributed by atoms with Gasteiger partial charge in [0.1, 0.15) is 0 Å². The lowest BCUT2D eigenvalue weighted by atomic mass is 10.3. The Kier molecular flexibility index (Phi) is 2.00. The summed E-state index contributed by atoms with van der Waals surface area (Å²) in [7, 11) is 0. The van der Waals surface area contributed by atoms with E-state index in [1.165, 1.54) is 0 Å². The van der Waals surface area contributed by atoms with Gasteiger partial charge in [0.05, 0.1) is 10.6 Å². The molecule has 0 aliphatic carbocycles. The average molecular weight is 237 g/mol. The Morgan fingerprint density at radius 1 is 1.40 bits per heavy atom. The van der Waals surface area contributed by atoms with Crippen LogP contribution in [-0.4, -0.2) is 14.6 Å². The second kappa shape index (κ2) is 2.99. The first-order valence-corrected chi connectivity index (χ1v) is 4.14. The highest BCUT2D eigenvalue weighted by Gasteiger charge is 2.34. The summed E-state index contributed by atoms with van der Waals surface area (Å²) in [4.78, 5) is 3.67. The molecule has 0 unspecified atom stereocenters. The second-order valence-corrected chi connectivity index (χ2v) is 3.21. The Bertz CT molecular complexity index is 519. The summed E-state index contributed by atoms with van der Waals surface area (Å²) >= 11 is 5.46. The third-order valence-electron chi connectivity index (χ3n) is 1.74. The highest BCUT2D eigenvalue weighted by molar-refractivity contribution is 6.31. The number of nitrogen functional groups attached to an aromatic ring is 1. The molecule has 0 atom stereocenters. The van der Waals surface area contributed by atoms with Gasteiger partial charge >= 0.3 is 6.18 Å². The van der Waals surface area contributed by atoms with Gasteiger partial charge in [-0.05, 0) is 0 Å². The maximum absolute atomic E-state index is 12.4. The van der Waals surface area contributed by atoms with E-state index in [4.69, 9.17) is 17.3 Å². The largest absolute Gasteiger partial charge is 0.419 e. The van der Waals surface area contributed by atoms with Crippen molar-refractivity contribution in [3.63, 3.8) is 0 Å². The van der Waals surface area contributed by atoms with E-state index in [2.05, 4.69) is 10.1 Å². The topological polar surface area (TPSA) is 56.2 Å². The van der Waals surface area contributed by atoms with Crippen molar-refractivity contribution in [2.75, 3.05) is 5.73 Å². The van der Waals surface area contributed by atoms with Crippen molar-refractivity contribution >= 4 is 23.2 Å². The van der Waals surface area contributed by atoms with E-state index < -0.39 is 16.8 Å². The Morgan fingerprint density at radius 3 is 2.67 bits per heavy atom. The minimum absolute atomic E-state index is 0.106. The van der Waals surface area contributed by atoms with E-state index in [-0.39, 0.29) is 11.6 Å². The lowest BCUT2D eigenvalue weighted by molar-refractivity contribution is -0.137. The van der Waals surface area contributed by atoms with Crippen molar-refractivity contribution < 1.29 is 13.2 Å². The number of anilines is 1. The highest BCUT2D eigenvalue weighted by Crippen LogP contribution is 2.34. The molecule has 2 aromatic rings. The molecule has 2 heterocycles. The molecule has 0 saturated carbocycles. The number of aromatic nitrogens is 3. The van der Waals surface area contributed by atoms with Gasteiger partial charge in [-0.15, -0.1) is 5.10 Å². The van der Waals surface area contributed by atoms with Gasteiger partial charge < -0.3 is 5.73 Å². The van der Waals surface area contributed by atoms with Crippen LogP contribution in [0.2, 0.25) is 5.02 Å². The van der Waals surface area contributed by atoms with Gasteiger partial charge in [0.2, 0.25) is 5.95 Å². The maximum atomic E-state index is 12.4. The predicted molar refractivity (Wildman–Crippen MR) is 47.4 cm³/mol. The Labute approximate surface area is 86.5 Å². The molecule has 0 bridgehead atoms. The van der Waals surface area contributed by atoms with Crippen LogP contribution in [0.3, 0.4) is 0 Å². The third-order valence-corrected chi connectivity index (χ3v) is 2.06. The predicted octanol–water partition coefficient (Wildman–Crippen LogP) is 1.98. The summed E-state index contributed by atoms with van der Waals surface area (Å²) in [5.74, 6) is -0.106. The second-order valence-electron chi connectivity index (χ2n) is 2.81. The van der Waals surface area contributed by atoms with Gasteiger partial charge in [-0.3, -0.25) is 0 Å². The summed E-state index contributed by atoms with van der Waals surface area (Å²) in [5, 5.41) is 3.12. The molecule has 0 saturated heterocycles. The molecule has 0 radical (unpaired) electrons. The fourth-order valence-electron chi connectivity index (χ4n) is 1.13. The number of nitrogens with two attached hydrogens (primary N) is 1. The van der Waals surface area contributed by atoms with Crippen LogP contribution in [0.4, 0.5) is 19.1 Å². The fraction of sp³-hybridized carbons (Fsp3) is 0.143. The van der Waals surface area contributed by atoms with E-state index in [0.29, 0.717) is 0 Å². The monoisotopic (exact) mass is 236 g/mol. The van der Waals surface area contributed by atoms with E-state index in [1.54, 1.807) is 0 Å².